The van der Waals surface area contributed by atoms with Gasteiger partial charge < -0.3 is 9.73 Å². The van der Waals surface area contributed by atoms with Crippen molar-refractivity contribution in [3.8, 4) is 0 Å². The molecule has 1 aromatic heterocycles. The first-order valence-electron chi connectivity index (χ1n) is 7.68. The predicted molar refractivity (Wildman–Crippen MR) is 82.6 cm³/mol. The van der Waals surface area contributed by atoms with E-state index < -0.39 is 10.0 Å². The van der Waals surface area contributed by atoms with Crippen molar-refractivity contribution in [3.05, 3.63) is 17.6 Å². The van der Waals surface area contributed by atoms with E-state index in [1.54, 1.807) is 17.3 Å². The van der Waals surface area contributed by atoms with Crippen molar-refractivity contribution >= 4 is 10.0 Å². The molecule has 1 aliphatic rings. The number of hydrogen-bond donors (Lipinski definition) is 1. The van der Waals surface area contributed by atoms with Gasteiger partial charge in [0.2, 0.25) is 10.0 Å². The highest BCUT2D eigenvalue weighted by molar-refractivity contribution is 7.89. The van der Waals surface area contributed by atoms with E-state index in [1.807, 2.05) is 20.8 Å². The molecule has 5 nitrogen and oxygen atoms in total. The molecule has 1 aromatic rings. The van der Waals surface area contributed by atoms with Crippen LogP contribution in [0.2, 0.25) is 0 Å². The third-order valence-corrected chi connectivity index (χ3v) is 5.58. The number of hydrogen-bond acceptors (Lipinski definition) is 4. The second-order valence-electron chi connectivity index (χ2n) is 6.11. The fraction of sp³-hybridized carbons (Fsp3) is 0.733. The lowest BCUT2D eigenvalue weighted by molar-refractivity contribution is 0.359. The topological polar surface area (TPSA) is 62.6 Å². The molecule has 0 bridgehead atoms. The molecule has 1 N–H and O–H groups in total. The van der Waals surface area contributed by atoms with E-state index in [1.165, 1.54) is 0 Å². The Morgan fingerprint density at radius 3 is 2.62 bits per heavy atom. The Kier molecular flexibility index (Phi) is 5.11. The summed E-state index contributed by atoms with van der Waals surface area (Å²) < 4.78 is 33.1. The molecule has 0 spiro atoms. The Morgan fingerprint density at radius 1 is 1.43 bits per heavy atom. The second kappa shape index (κ2) is 6.50. The lowest BCUT2D eigenvalue weighted by Crippen LogP contribution is -2.36. The van der Waals surface area contributed by atoms with Crippen molar-refractivity contribution in [2.75, 3.05) is 13.1 Å². The summed E-state index contributed by atoms with van der Waals surface area (Å²) >= 11 is 0. The maximum absolute atomic E-state index is 12.9. The summed E-state index contributed by atoms with van der Waals surface area (Å²) in [4.78, 5) is 0.322. The van der Waals surface area contributed by atoms with Gasteiger partial charge >= 0.3 is 0 Å². The Balaban J connectivity index is 2.26. The molecular formula is C15H26N2O3S. The van der Waals surface area contributed by atoms with Gasteiger partial charge in [0.15, 0.2) is 0 Å². The third-order valence-electron chi connectivity index (χ3n) is 3.56. The molecule has 0 saturated heterocycles. The van der Waals surface area contributed by atoms with E-state index in [9.17, 15) is 8.42 Å². The Labute approximate surface area is 127 Å². The van der Waals surface area contributed by atoms with Crippen LogP contribution >= 0.6 is 0 Å². The number of nitrogens with one attached hydrogen (secondary N) is 1. The first-order chi connectivity index (χ1) is 9.86. The minimum absolute atomic E-state index is 0.170. The van der Waals surface area contributed by atoms with Gasteiger partial charge in [0.1, 0.15) is 16.4 Å². The molecule has 0 radical (unpaired) electrons. The van der Waals surface area contributed by atoms with Crippen LogP contribution in [0.25, 0.3) is 0 Å². The van der Waals surface area contributed by atoms with Crippen molar-refractivity contribution < 1.29 is 12.8 Å². The number of furan rings is 1. The number of rotatable bonds is 8. The van der Waals surface area contributed by atoms with Crippen LogP contribution in [0.4, 0.5) is 0 Å². The third kappa shape index (κ3) is 3.87. The minimum atomic E-state index is -3.46. The van der Waals surface area contributed by atoms with E-state index in [4.69, 9.17) is 4.42 Å². The van der Waals surface area contributed by atoms with Gasteiger partial charge in [-0.05, 0) is 32.2 Å². The van der Waals surface area contributed by atoms with E-state index in [2.05, 4.69) is 5.32 Å². The summed E-state index contributed by atoms with van der Waals surface area (Å²) in [6.45, 7) is 9.77. The van der Waals surface area contributed by atoms with Gasteiger partial charge in [0.25, 0.3) is 0 Å². The Morgan fingerprint density at radius 2 is 2.10 bits per heavy atom. The van der Waals surface area contributed by atoms with Crippen LogP contribution in [0.15, 0.2) is 15.4 Å². The lowest BCUT2D eigenvalue weighted by atomic mass is 10.2. The second-order valence-corrected chi connectivity index (χ2v) is 7.97. The first kappa shape index (κ1) is 16.5. The Bertz CT molecular complexity index is 574. The van der Waals surface area contributed by atoms with Crippen molar-refractivity contribution in [2.24, 2.45) is 5.92 Å². The van der Waals surface area contributed by atoms with Gasteiger partial charge in [-0.15, -0.1) is 0 Å². The highest BCUT2D eigenvalue weighted by Crippen LogP contribution is 2.34. The van der Waals surface area contributed by atoms with E-state index in [-0.39, 0.29) is 6.04 Å². The molecule has 6 heteroatoms. The summed E-state index contributed by atoms with van der Waals surface area (Å²) in [7, 11) is -3.46. The van der Waals surface area contributed by atoms with Crippen LogP contribution in [0.3, 0.4) is 0 Å². The SMILES string of the molecule is CCNCc1cc(S(=O)(=O)N(CC(C)C)C2CC2)c(C)o1. The quantitative estimate of drug-likeness (QED) is 0.801. The first-order valence-corrected chi connectivity index (χ1v) is 9.12. The van der Waals surface area contributed by atoms with Gasteiger partial charge in [0, 0.05) is 18.7 Å². The number of aryl methyl sites for hydroxylation is 1. The van der Waals surface area contributed by atoms with Gasteiger partial charge in [-0.2, -0.15) is 4.31 Å². The summed E-state index contributed by atoms with van der Waals surface area (Å²) in [6.07, 6.45) is 1.93. The molecule has 1 saturated carbocycles. The van der Waals surface area contributed by atoms with Gasteiger partial charge in [-0.25, -0.2) is 8.42 Å². The van der Waals surface area contributed by atoms with E-state index in [0.717, 1.165) is 19.4 Å². The standard InChI is InChI=1S/C15H26N2O3S/c1-5-16-9-14-8-15(12(4)20-14)21(18,19)17(10-11(2)3)13-6-7-13/h8,11,13,16H,5-7,9-10H2,1-4H3. The molecule has 0 aromatic carbocycles. The zero-order chi connectivity index (χ0) is 15.6. The average molecular weight is 314 g/mol. The predicted octanol–water partition coefficient (Wildman–Crippen LogP) is 2.51. The van der Waals surface area contributed by atoms with Crippen molar-refractivity contribution in [3.63, 3.8) is 0 Å². The molecule has 21 heavy (non-hydrogen) atoms. The zero-order valence-electron chi connectivity index (χ0n) is 13.3. The van der Waals surface area contributed by atoms with Crippen LogP contribution in [0.5, 0.6) is 0 Å². The van der Waals surface area contributed by atoms with Crippen LogP contribution < -0.4 is 5.32 Å². The minimum Gasteiger partial charge on any atom is -0.464 e. The maximum Gasteiger partial charge on any atom is 0.246 e. The van der Waals surface area contributed by atoms with Crippen LogP contribution in [0, 0.1) is 12.8 Å². The largest absolute Gasteiger partial charge is 0.464 e. The van der Waals surface area contributed by atoms with Gasteiger partial charge in [0.05, 0.1) is 6.54 Å². The molecule has 1 heterocycles. The average Bonchev–Trinajstić information content (AvgIpc) is 3.16. The molecule has 1 fully saturated rings. The molecular weight excluding hydrogens is 288 g/mol. The lowest BCUT2D eigenvalue weighted by Gasteiger charge is -2.23. The van der Waals surface area contributed by atoms with E-state index in [0.29, 0.717) is 35.4 Å². The molecule has 0 atom stereocenters. The molecule has 120 valence electrons. The maximum atomic E-state index is 12.9. The molecule has 0 amide bonds. The zero-order valence-corrected chi connectivity index (χ0v) is 14.2. The highest BCUT2D eigenvalue weighted by atomic mass is 32.2. The molecule has 0 unspecified atom stereocenters. The summed E-state index contributed by atoms with van der Waals surface area (Å²) in [5.74, 6) is 1.47. The fourth-order valence-electron chi connectivity index (χ4n) is 2.41. The van der Waals surface area contributed by atoms with Gasteiger partial charge in [-0.3, -0.25) is 0 Å². The van der Waals surface area contributed by atoms with Crippen molar-refractivity contribution in [1.82, 2.24) is 9.62 Å². The van der Waals surface area contributed by atoms with Crippen LogP contribution in [-0.2, 0) is 16.6 Å². The van der Waals surface area contributed by atoms with Gasteiger partial charge in [-0.1, -0.05) is 20.8 Å². The molecule has 2 rings (SSSR count). The normalized spacial score (nSPS) is 16.1. The van der Waals surface area contributed by atoms with Crippen molar-refractivity contribution in [2.45, 2.75) is 58.0 Å². The fourth-order valence-corrected chi connectivity index (χ4v) is 4.44. The monoisotopic (exact) mass is 314 g/mol. The molecule has 1 aliphatic carbocycles. The number of sulfonamides is 1. The Hall–Kier alpha value is -0.850. The summed E-state index contributed by atoms with van der Waals surface area (Å²) in [5.41, 5.74) is 0. The van der Waals surface area contributed by atoms with E-state index >= 15 is 0 Å². The summed E-state index contributed by atoms with van der Waals surface area (Å²) in [6, 6.07) is 1.84. The number of nitrogens with zero attached hydrogens (tertiary/aromatic N) is 1. The smallest absolute Gasteiger partial charge is 0.246 e. The highest BCUT2D eigenvalue weighted by Gasteiger charge is 2.39. The van der Waals surface area contributed by atoms with Crippen LogP contribution in [-0.4, -0.2) is 31.9 Å². The summed E-state index contributed by atoms with van der Waals surface area (Å²) in [5, 5.41) is 3.15. The van der Waals surface area contributed by atoms with Crippen LogP contribution in [0.1, 0.15) is 45.1 Å². The molecule has 0 aliphatic heterocycles. The van der Waals surface area contributed by atoms with Crippen molar-refractivity contribution in [1.29, 1.82) is 0 Å².